The summed E-state index contributed by atoms with van der Waals surface area (Å²) >= 11 is 0. The molecule has 1 N–H and O–H groups in total. The second-order valence-corrected chi connectivity index (χ2v) is 5.05. The molecule has 1 unspecified atom stereocenters. The van der Waals surface area contributed by atoms with Crippen LogP contribution < -0.4 is 4.74 Å². The van der Waals surface area contributed by atoms with E-state index in [1.165, 1.54) is 11.1 Å². The average molecular weight is 246 g/mol. The molecule has 3 nitrogen and oxygen atoms in total. The van der Waals surface area contributed by atoms with Crippen LogP contribution in [0.5, 0.6) is 5.75 Å². The van der Waals surface area contributed by atoms with Crippen LogP contribution in [0.3, 0.4) is 0 Å². The summed E-state index contributed by atoms with van der Waals surface area (Å²) in [5.74, 6) is 1.61. The molecule has 0 aromatic heterocycles. The molecule has 1 aromatic rings. The maximum atomic E-state index is 10.7. The van der Waals surface area contributed by atoms with Gasteiger partial charge in [0.05, 0.1) is 13.7 Å². The quantitative estimate of drug-likeness (QED) is 0.869. The molecular weight excluding hydrogens is 228 g/mol. The van der Waals surface area contributed by atoms with Crippen LogP contribution in [-0.2, 0) is 17.6 Å². The molecule has 0 saturated heterocycles. The minimum Gasteiger partial charge on any atom is -0.497 e. The predicted octanol–water partition coefficient (Wildman–Crippen LogP) is 2.22. The Balaban J connectivity index is 1.91. The standard InChI is InChI=1S/C15H18O3/c1-17-13-5-4-11-6-7-15(16,10-12(11)9-13)14-3-2-8-18-14/h3-5,9,16H,2,6-8,10H2,1H3. The van der Waals surface area contributed by atoms with Gasteiger partial charge in [-0.3, -0.25) is 0 Å². The smallest absolute Gasteiger partial charge is 0.125 e. The van der Waals surface area contributed by atoms with Crippen LogP contribution in [0.4, 0.5) is 0 Å². The number of fused-ring (bicyclic) bond motifs is 1. The third-order valence-electron chi connectivity index (χ3n) is 3.87. The molecule has 0 amide bonds. The summed E-state index contributed by atoms with van der Waals surface area (Å²) in [6.45, 7) is 0.697. The number of hydrogen-bond donors (Lipinski definition) is 1. The highest BCUT2D eigenvalue weighted by atomic mass is 16.5. The molecule has 2 aliphatic rings. The lowest BCUT2D eigenvalue weighted by Crippen LogP contribution is -2.38. The second-order valence-electron chi connectivity index (χ2n) is 5.05. The Labute approximate surface area is 107 Å². The Morgan fingerprint density at radius 1 is 1.33 bits per heavy atom. The van der Waals surface area contributed by atoms with E-state index in [1.807, 2.05) is 18.2 Å². The fraction of sp³-hybridized carbons (Fsp3) is 0.467. The maximum Gasteiger partial charge on any atom is 0.125 e. The van der Waals surface area contributed by atoms with Crippen molar-refractivity contribution in [2.75, 3.05) is 13.7 Å². The summed E-state index contributed by atoms with van der Waals surface area (Å²) in [5, 5.41) is 10.7. The molecule has 0 bridgehead atoms. The van der Waals surface area contributed by atoms with Crippen LogP contribution in [0, 0.1) is 0 Å². The molecule has 0 fully saturated rings. The zero-order valence-electron chi connectivity index (χ0n) is 10.6. The monoisotopic (exact) mass is 246 g/mol. The lowest BCUT2D eigenvalue weighted by atomic mass is 9.79. The number of aryl methyl sites for hydroxylation is 1. The van der Waals surface area contributed by atoms with Crippen molar-refractivity contribution in [1.82, 2.24) is 0 Å². The van der Waals surface area contributed by atoms with Crippen molar-refractivity contribution >= 4 is 0 Å². The summed E-state index contributed by atoms with van der Waals surface area (Å²) in [5.41, 5.74) is 1.65. The van der Waals surface area contributed by atoms with Crippen LogP contribution in [0.2, 0.25) is 0 Å². The van der Waals surface area contributed by atoms with E-state index in [-0.39, 0.29) is 0 Å². The molecule has 96 valence electrons. The molecule has 1 aromatic carbocycles. The van der Waals surface area contributed by atoms with Crippen LogP contribution in [0.15, 0.2) is 30.0 Å². The first-order valence-electron chi connectivity index (χ1n) is 6.43. The summed E-state index contributed by atoms with van der Waals surface area (Å²) in [7, 11) is 1.67. The number of ether oxygens (including phenoxy) is 2. The number of benzene rings is 1. The van der Waals surface area contributed by atoms with Crippen molar-refractivity contribution in [3.05, 3.63) is 41.2 Å². The van der Waals surface area contributed by atoms with Gasteiger partial charge in [0, 0.05) is 12.8 Å². The molecule has 1 aliphatic carbocycles. The van der Waals surface area contributed by atoms with Gasteiger partial charge in [0.2, 0.25) is 0 Å². The minimum atomic E-state index is -0.824. The van der Waals surface area contributed by atoms with E-state index in [0.29, 0.717) is 13.0 Å². The van der Waals surface area contributed by atoms with Gasteiger partial charge >= 0.3 is 0 Å². The molecule has 1 heterocycles. The second kappa shape index (κ2) is 4.32. The van der Waals surface area contributed by atoms with E-state index in [1.54, 1.807) is 7.11 Å². The fourth-order valence-corrected chi connectivity index (χ4v) is 2.84. The third-order valence-corrected chi connectivity index (χ3v) is 3.87. The molecule has 18 heavy (non-hydrogen) atoms. The summed E-state index contributed by atoms with van der Waals surface area (Å²) in [6.07, 6.45) is 5.16. The molecular formula is C15H18O3. The maximum absolute atomic E-state index is 10.7. The summed E-state index contributed by atoms with van der Waals surface area (Å²) in [6, 6.07) is 6.10. The highest BCUT2D eigenvalue weighted by Gasteiger charge is 2.38. The zero-order valence-corrected chi connectivity index (χ0v) is 10.6. The molecule has 3 rings (SSSR count). The van der Waals surface area contributed by atoms with Gasteiger partial charge < -0.3 is 14.6 Å². The van der Waals surface area contributed by atoms with Crippen LogP contribution >= 0.6 is 0 Å². The SMILES string of the molecule is COc1ccc2c(c1)CC(O)(C1=CCCO1)CC2. The molecule has 1 atom stereocenters. The Kier molecular flexibility index (Phi) is 2.78. The van der Waals surface area contributed by atoms with Crippen LogP contribution in [0.1, 0.15) is 24.0 Å². The highest BCUT2D eigenvalue weighted by molar-refractivity contribution is 5.40. The van der Waals surface area contributed by atoms with E-state index in [0.717, 1.165) is 30.8 Å². The summed E-state index contributed by atoms with van der Waals surface area (Å²) < 4.78 is 10.8. The van der Waals surface area contributed by atoms with Crippen molar-refractivity contribution in [2.24, 2.45) is 0 Å². The third kappa shape index (κ3) is 1.89. The lowest BCUT2D eigenvalue weighted by Gasteiger charge is -2.34. The average Bonchev–Trinajstić information content (AvgIpc) is 2.92. The normalized spacial score (nSPS) is 26.2. The van der Waals surface area contributed by atoms with Gasteiger partial charge in [0.25, 0.3) is 0 Å². The van der Waals surface area contributed by atoms with Crippen molar-refractivity contribution in [2.45, 2.75) is 31.3 Å². The van der Waals surface area contributed by atoms with Gasteiger partial charge in [0.15, 0.2) is 0 Å². The van der Waals surface area contributed by atoms with Crippen molar-refractivity contribution in [1.29, 1.82) is 0 Å². The van der Waals surface area contributed by atoms with E-state index >= 15 is 0 Å². The van der Waals surface area contributed by atoms with E-state index in [4.69, 9.17) is 9.47 Å². The summed E-state index contributed by atoms with van der Waals surface area (Å²) in [4.78, 5) is 0. The van der Waals surface area contributed by atoms with Gasteiger partial charge in [-0.05, 0) is 42.2 Å². The van der Waals surface area contributed by atoms with E-state index < -0.39 is 5.60 Å². The number of aliphatic hydroxyl groups is 1. The fourth-order valence-electron chi connectivity index (χ4n) is 2.84. The first-order chi connectivity index (χ1) is 8.71. The van der Waals surface area contributed by atoms with E-state index in [2.05, 4.69) is 6.07 Å². The largest absolute Gasteiger partial charge is 0.497 e. The number of methoxy groups -OCH3 is 1. The zero-order chi connectivity index (χ0) is 12.6. The van der Waals surface area contributed by atoms with Crippen LogP contribution in [-0.4, -0.2) is 24.4 Å². The Hall–Kier alpha value is -1.48. The first kappa shape index (κ1) is 11.6. The predicted molar refractivity (Wildman–Crippen MR) is 68.6 cm³/mol. The molecule has 3 heteroatoms. The highest BCUT2D eigenvalue weighted by Crippen LogP contribution is 2.37. The van der Waals surface area contributed by atoms with Gasteiger partial charge in [0.1, 0.15) is 17.1 Å². The Morgan fingerprint density at radius 3 is 2.94 bits per heavy atom. The number of hydrogen-bond acceptors (Lipinski definition) is 3. The molecule has 0 saturated carbocycles. The van der Waals surface area contributed by atoms with Crippen LogP contribution in [0.25, 0.3) is 0 Å². The van der Waals surface area contributed by atoms with Crippen molar-refractivity contribution < 1.29 is 14.6 Å². The Morgan fingerprint density at radius 2 is 2.22 bits per heavy atom. The van der Waals surface area contributed by atoms with Gasteiger partial charge in [-0.15, -0.1) is 0 Å². The molecule has 1 aliphatic heterocycles. The van der Waals surface area contributed by atoms with Crippen molar-refractivity contribution in [3.63, 3.8) is 0 Å². The Bertz CT molecular complexity index is 493. The lowest BCUT2D eigenvalue weighted by molar-refractivity contribution is 0.00819. The van der Waals surface area contributed by atoms with Gasteiger partial charge in [-0.2, -0.15) is 0 Å². The molecule has 0 radical (unpaired) electrons. The van der Waals surface area contributed by atoms with Gasteiger partial charge in [-0.1, -0.05) is 6.07 Å². The van der Waals surface area contributed by atoms with E-state index in [9.17, 15) is 5.11 Å². The topological polar surface area (TPSA) is 38.7 Å². The molecule has 0 spiro atoms. The first-order valence-corrected chi connectivity index (χ1v) is 6.43. The van der Waals surface area contributed by atoms with Crippen molar-refractivity contribution in [3.8, 4) is 5.75 Å². The minimum absolute atomic E-state index is 0.616. The number of rotatable bonds is 2. The van der Waals surface area contributed by atoms with Gasteiger partial charge in [-0.25, -0.2) is 0 Å².